The van der Waals surface area contributed by atoms with Crippen molar-refractivity contribution >= 4 is 5.97 Å². The van der Waals surface area contributed by atoms with E-state index in [2.05, 4.69) is 5.32 Å². The fourth-order valence-corrected chi connectivity index (χ4v) is 2.73. The summed E-state index contributed by atoms with van der Waals surface area (Å²) in [5, 5.41) is 42.2. The van der Waals surface area contributed by atoms with Crippen molar-refractivity contribution in [1.82, 2.24) is 5.32 Å². The van der Waals surface area contributed by atoms with Crippen LogP contribution in [-0.2, 0) is 27.4 Å². The Labute approximate surface area is 157 Å². The molecule has 9 heteroatoms. The first-order valence-corrected chi connectivity index (χ1v) is 8.67. The van der Waals surface area contributed by atoms with E-state index in [9.17, 15) is 20.1 Å². The van der Waals surface area contributed by atoms with Crippen molar-refractivity contribution in [2.75, 3.05) is 7.11 Å². The van der Waals surface area contributed by atoms with Crippen LogP contribution in [0.5, 0.6) is 5.75 Å². The Morgan fingerprint density at radius 1 is 1.22 bits per heavy atom. The number of carboxylic acids is 1. The maximum atomic E-state index is 11.2. The van der Waals surface area contributed by atoms with Crippen LogP contribution in [0.1, 0.15) is 25.0 Å². The zero-order valence-electron chi connectivity index (χ0n) is 15.5. The van der Waals surface area contributed by atoms with Gasteiger partial charge in [-0.15, -0.1) is 0 Å². The summed E-state index contributed by atoms with van der Waals surface area (Å²) in [4.78, 5) is 11.2. The number of benzene rings is 1. The molecule has 5 atom stereocenters. The van der Waals surface area contributed by atoms with Crippen LogP contribution in [0.2, 0.25) is 0 Å². The number of ether oxygens (including phenoxy) is 3. The van der Waals surface area contributed by atoms with Gasteiger partial charge in [-0.1, -0.05) is 19.9 Å². The van der Waals surface area contributed by atoms with Crippen LogP contribution in [0, 0.1) is 0 Å². The van der Waals surface area contributed by atoms with Crippen molar-refractivity contribution in [3.05, 3.63) is 29.3 Å². The molecule has 0 bridgehead atoms. The fraction of sp³-hybridized carbons (Fsp3) is 0.611. The predicted molar refractivity (Wildman–Crippen MR) is 94.1 cm³/mol. The average molecular weight is 385 g/mol. The Balaban J connectivity index is 2.24. The minimum atomic E-state index is -1.76. The number of carboxylic acid groups (broad SMARTS) is 1. The van der Waals surface area contributed by atoms with Crippen molar-refractivity contribution in [3.8, 4) is 5.75 Å². The molecule has 2 rings (SSSR count). The van der Waals surface area contributed by atoms with Crippen LogP contribution in [0.15, 0.2) is 18.2 Å². The minimum Gasteiger partial charge on any atom is -0.479 e. The van der Waals surface area contributed by atoms with Gasteiger partial charge in [-0.05, 0) is 17.7 Å². The maximum absolute atomic E-state index is 11.2. The van der Waals surface area contributed by atoms with E-state index in [4.69, 9.17) is 19.3 Å². The molecule has 5 unspecified atom stereocenters. The quantitative estimate of drug-likeness (QED) is 0.405. The smallest absolute Gasteiger partial charge is 0.335 e. The molecule has 1 aliphatic rings. The summed E-state index contributed by atoms with van der Waals surface area (Å²) in [6.07, 6.45) is -8.24. The van der Waals surface area contributed by atoms with E-state index in [-0.39, 0.29) is 6.04 Å². The van der Waals surface area contributed by atoms with Gasteiger partial charge < -0.3 is 40.0 Å². The third-order valence-corrected chi connectivity index (χ3v) is 4.19. The van der Waals surface area contributed by atoms with E-state index in [0.717, 1.165) is 11.1 Å². The first kappa shape index (κ1) is 21.5. The molecule has 5 N–H and O–H groups in total. The Kier molecular flexibility index (Phi) is 7.54. The van der Waals surface area contributed by atoms with E-state index in [1.807, 2.05) is 19.9 Å². The van der Waals surface area contributed by atoms with Gasteiger partial charge in [-0.25, -0.2) is 4.79 Å². The van der Waals surface area contributed by atoms with Crippen LogP contribution < -0.4 is 10.1 Å². The Morgan fingerprint density at radius 2 is 1.93 bits per heavy atom. The van der Waals surface area contributed by atoms with Crippen LogP contribution >= 0.6 is 0 Å². The first-order valence-electron chi connectivity index (χ1n) is 8.67. The molecule has 1 aromatic carbocycles. The molecule has 1 heterocycles. The molecule has 9 nitrogen and oxygen atoms in total. The van der Waals surface area contributed by atoms with Gasteiger partial charge in [0.2, 0.25) is 6.29 Å². The molecule has 152 valence electrons. The highest BCUT2D eigenvalue weighted by Crippen LogP contribution is 2.28. The van der Waals surface area contributed by atoms with Gasteiger partial charge in [0.15, 0.2) is 6.10 Å². The first-order chi connectivity index (χ1) is 12.7. The van der Waals surface area contributed by atoms with Crippen molar-refractivity contribution in [2.24, 2.45) is 0 Å². The third kappa shape index (κ3) is 5.38. The van der Waals surface area contributed by atoms with Crippen LogP contribution in [0.4, 0.5) is 0 Å². The summed E-state index contributed by atoms with van der Waals surface area (Å²) in [6.45, 7) is 4.84. The lowest BCUT2D eigenvalue weighted by Crippen LogP contribution is -2.61. The van der Waals surface area contributed by atoms with Crippen LogP contribution in [0.25, 0.3) is 0 Å². The molecule has 0 saturated carbocycles. The summed E-state index contributed by atoms with van der Waals surface area (Å²) >= 11 is 0. The van der Waals surface area contributed by atoms with Gasteiger partial charge in [-0.3, -0.25) is 0 Å². The highest BCUT2D eigenvalue weighted by Gasteiger charge is 2.48. The fourth-order valence-electron chi connectivity index (χ4n) is 2.73. The summed E-state index contributed by atoms with van der Waals surface area (Å²) in [6, 6.07) is 5.51. The highest BCUT2D eigenvalue weighted by atomic mass is 16.7. The second-order valence-corrected chi connectivity index (χ2v) is 6.76. The van der Waals surface area contributed by atoms with Gasteiger partial charge in [-0.2, -0.15) is 0 Å². The van der Waals surface area contributed by atoms with E-state index in [1.54, 1.807) is 19.2 Å². The molecule has 1 aromatic rings. The van der Waals surface area contributed by atoms with Crippen LogP contribution in [-0.4, -0.2) is 70.3 Å². The van der Waals surface area contributed by atoms with Gasteiger partial charge >= 0.3 is 5.97 Å². The standard InChI is InChI=1S/C18H27NO8/c1-9(2)19-7-11-6-10(8-25-3)4-5-12(11)26-18-15(22)13(20)14(21)16(27-18)17(23)24/h4-6,9,13-16,18-22H,7-8H2,1-3H3,(H,23,24). The van der Waals surface area contributed by atoms with E-state index in [1.165, 1.54) is 0 Å². The molecule has 1 saturated heterocycles. The summed E-state index contributed by atoms with van der Waals surface area (Å²) in [7, 11) is 1.58. The molecule has 27 heavy (non-hydrogen) atoms. The lowest BCUT2D eigenvalue weighted by molar-refractivity contribution is -0.271. The number of aliphatic hydroxyl groups excluding tert-OH is 3. The Morgan fingerprint density at radius 3 is 2.52 bits per heavy atom. The van der Waals surface area contributed by atoms with Crippen molar-refractivity contribution in [1.29, 1.82) is 0 Å². The molecular weight excluding hydrogens is 358 g/mol. The van der Waals surface area contributed by atoms with Gasteiger partial charge in [0, 0.05) is 25.3 Å². The lowest BCUT2D eigenvalue weighted by atomic mass is 9.99. The number of nitrogens with one attached hydrogen (secondary N) is 1. The van der Waals surface area contributed by atoms with Gasteiger partial charge in [0.25, 0.3) is 0 Å². The molecule has 0 aromatic heterocycles. The summed E-state index contributed by atoms with van der Waals surface area (Å²) in [5.74, 6) is -1.10. The zero-order valence-corrected chi connectivity index (χ0v) is 15.5. The normalized spacial score (nSPS) is 28.3. The predicted octanol–water partition coefficient (Wildman–Crippen LogP) is -0.398. The Hall–Kier alpha value is -1.75. The number of aliphatic carboxylic acids is 1. The van der Waals surface area contributed by atoms with Crippen molar-refractivity contribution in [3.63, 3.8) is 0 Å². The van der Waals surface area contributed by atoms with Crippen molar-refractivity contribution < 1.29 is 39.4 Å². The largest absolute Gasteiger partial charge is 0.479 e. The number of rotatable bonds is 8. The zero-order chi connectivity index (χ0) is 20.1. The lowest BCUT2D eigenvalue weighted by Gasteiger charge is -2.38. The summed E-state index contributed by atoms with van der Waals surface area (Å²) in [5.41, 5.74) is 1.66. The molecule has 0 amide bonds. The van der Waals surface area contributed by atoms with E-state index >= 15 is 0 Å². The summed E-state index contributed by atoms with van der Waals surface area (Å²) < 4.78 is 16.0. The molecule has 0 spiro atoms. The van der Waals surface area contributed by atoms with Gasteiger partial charge in [0.05, 0.1) is 6.61 Å². The van der Waals surface area contributed by atoms with Crippen molar-refractivity contribution in [2.45, 2.75) is 63.7 Å². The SMILES string of the molecule is COCc1ccc(OC2OC(C(=O)O)C(O)C(O)C2O)c(CNC(C)C)c1. The second-order valence-electron chi connectivity index (χ2n) is 6.76. The average Bonchev–Trinajstić information content (AvgIpc) is 2.61. The number of hydrogen-bond donors (Lipinski definition) is 5. The monoisotopic (exact) mass is 385 g/mol. The number of carbonyl (C=O) groups is 1. The van der Waals surface area contributed by atoms with Crippen LogP contribution in [0.3, 0.4) is 0 Å². The highest BCUT2D eigenvalue weighted by molar-refractivity contribution is 5.73. The number of hydrogen-bond acceptors (Lipinski definition) is 8. The molecule has 0 radical (unpaired) electrons. The Bertz CT molecular complexity index is 638. The number of methoxy groups -OCH3 is 1. The molecule has 1 aliphatic heterocycles. The molecule has 1 fully saturated rings. The number of aliphatic hydroxyl groups is 3. The van der Waals surface area contributed by atoms with E-state index in [0.29, 0.717) is 18.9 Å². The van der Waals surface area contributed by atoms with Gasteiger partial charge in [0.1, 0.15) is 24.1 Å². The minimum absolute atomic E-state index is 0.216. The second kappa shape index (κ2) is 9.45. The topological polar surface area (TPSA) is 138 Å². The maximum Gasteiger partial charge on any atom is 0.335 e. The third-order valence-electron chi connectivity index (χ3n) is 4.19. The molecular formula is C18H27NO8. The molecule has 0 aliphatic carbocycles. The van der Waals surface area contributed by atoms with E-state index < -0.39 is 36.7 Å².